The van der Waals surface area contributed by atoms with E-state index in [0.29, 0.717) is 5.69 Å². The summed E-state index contributed by atoms with van der Waals surface area (Å²) in [5, 5.41) is 28.3. The van der Waals surface area contributed by atoms with Crippen molar-refractivity contribution in [2.75, 3.05) is 11.9 Å². The summed E-state index contributed by atoms with van der Waals surface area (Å²) in [6.45, 7) is 0.0666. The van der Waals surface area contributed by atoms with E-state index in [1.165, 1.54) is 12.4 Å². The van der Waals surface area contributed by atoms with Gasteiger partial charge in [-0.25, -0.2) is 9.59 Å². The van der Waals surface area contributed by atoms with Gasteiger partial charge in [-0.2, -0.15) is 5.10 Å². The maximum Gasteiger partial charge on any atom is 0.332 e. The number of urea groups is 1. The smallest absolute Gasteiger partial charge is 0.332 e. The van der Waals surface area contributed by atoms with E-state index < -0.39 is 18.1 Å². The molecule has 0 unspecified atom stereocenters. The summed E-state index contributed by atoms with van der Waals surface area (Å²) in [6.07, 6.45) is 1.40. The van der Waals surface area contributed by atoms with Crippen LogP contribution in [0.3, 0.4) is 0 Å². The van der Waals surface area contributed by atoms with Crippen molar-refractivity contribution in [1.29, 1.82) is 0 Å². The van der Waals surface area contributed by atoms with Gasteiger partial charge in [0.2, 0.25) is 0 Å². The predicted octanol–water partition coefficient (Wildman–Crippen LogP) is -0.633. The minimum absolute atomic E-state index is 0.0475. The van der Waals surface area contributed by atoms with Gasteiger partial charge >= 0.3 is 12.0 Å². The van der Waals surface area contributed by atoms with Crippen LogP contribution in [-0.2, 0) is 4.79 Å². The van der Waals surface area contributed by atoms with Gasteiger partial charge in [-0.1, -0.05) is 0 Å². The molecule has 0 bridgehead atoms. The fraction of sp³-hybridized carbons (Fsp3) is 0.375. The number of aromatic nitrogens is 2. The van der Waals surface area contributed by atoms with Crippen LogP contribution in [0.5, 0.6) is 0 Å². The highest BCUT2D eigenvalue weighted by atomic mass is 16.4. The highest BCUT2D eigenvalue weighted by molar-refractivity contribution is 5.88. The number of aliphatic hydroxyl groups is 1. The van der Waals surface area contributed by atoms with E-state index in [9.17, 15) is 9.59 Å². The highest BCUT2D eigenvalue weighted by Gasteiger charge is 2.12. The number of hydrogen-bond donors (Lipinski definition) is 5. The first-order valence-electron chi connectivity index (χ1n) is 4.54. The SMILES string of the molecule is O=C(NCC[C@H](O)C(=O)O)Nc1cn[nH]c1. The number of hydrogen-bond acceptors (Lipinski definition) is 4. The molecule has 1 atom stereocenters. The Morgan fingerprint density at radius 2 is 2.31 bits per heavy atom. The molecule has 0 saturated heterocycles. The molecule has 0 spiro atoms. The number of carbonyl (C=O) groups excluding carboxylic acids is 1. The summed E-state index contributed by atoms with van der Waals surface area (Å²) in [5.41, 5.74) is 0.497. The van der Waals surface area contributed by atoms with E-state index in [1.54, 1.807) is 0 Å². The molecular weight excluding hydrogens is 216 g/mol. The molecule has 8 heteroatoms. The van der Waals surface area contributed by atoms with Crippen LogP contribution in [-0.4, -0.2) is 45.1 Å². The molecule has 0 aliphatic heterocycles. The molecule has 1 aromatic rings. The van der Waals surface area contributed by atoms with Crippen molar-refractivity contribution < 1.29 is 19.8 Å². The number of anilines is 1. The molecule has 88 valence electrons. The van der Waals surface area contributed by atoms with Crippen molar-refractivity contribution in [3.8, 4) is 0 Å². The zero-order valence-corrected chi connectivity index (χ0v) is 8.30. The van der Waals surface area contributed by atoms with Crippen LogP contribution in [0.1, 0.15) is 6.42 Å². The van der Waals surface area contributed by atoms with Crippen LogP contribution in [0.25, 0.3) is 0 Å². The summed E-state index contributed by atoms with van der Waals surface area (Å²) in [4.78, 5) is 21.4. The van der Waals surface area contributed by atoms with E-state index in [1.807, 2.05) is 0 Å². The van der Waals surface area contributed by atoms with Crippen LogP contribution >= 0.6 is 0 Å². The molecule has 0 saturated carbocycles. The number of H-pyrrole nitrogens is 1. The maximum absolute atomic E-state index is 11.2. The van der Waals surface area contributed by atoms with Gasteiger partial charge in [0.1, 0.15) is 0 Å². The predicted molar refractivity (Wildman–Crippen MR) is 53.9 cm³/mol. The Morgan fingerprint density at radius 1 is 1.56 bits per heavy atom. The number of amides is 2. The van der Waals surface area contributed by atoms with E-state index in [4.69, 9.17) is 10.2 Å². The van der Waals surface area contributed by atoms with Crippen molar-refractivity contribution >= 4 is 17.7 Å². The summed E-state index contributed by atoms with van der Waals surface area (Å²) < 4.78 is 0. The molecule has 0 fully saturated rings. The number of carboxylic acid groups (broad SMARTS) is 1. The van der Waals surface area contributed by atoms with Gasteiger partial charge < -0.3 is 20.8 Å². The summed E-state index contributed by atoms with van der Waals surface area (Å²) in [6, 6.07) is -0.487. The van der Waals surface area contributed by atoms with E-state index >= 15 is 0 Å². The van der Waals surface area contributed by atoms with Crippen molar-refractivity contribution in [2.45, 2.75) is 12.5 Å². The van der Waals surface area contributed by atoms with Crippen molar-refractivity contribution in [3.63, 3.8) is 0 Å². The molecule has 5 N–H and O–H groups in total. The first-order chi connectivity index (χ1) is 7.59. The molecule has 8 nitrogen and oxygen atoms in total. The van der Waals surface area contributed by atoms with Gasteiger partial charge in [0.15, 0.2) is 6.10 Å². The van der Waals surface area contributed by atoms with Crippen molar-refractivity contribution in [3.05, 3.63) is 12.4 Å². The molecular formula is C8H12N4O4. The van der Waals surface area contributed by atoms with Gasteiger partial charge in [-0.05, 0) is 0 Å². The number of nitrogens with zero attached hydrogens (tertiary/aromatic N) is 1. The Balaban J connectivity index is 2.18. The van der Waals surface area contributed by atoms with Crippen LogP contribution in [0.4, 0.5) is 10.5 Å². The normalized spacial score (nSPS) is 11.8. The van der Waals surface area contributed by atoms with Crippen LogP contribution in [0.15, 0.2) is 12.4 Å². The average molecular weight is 228 g/mol. The Hall–Kier alpha value is -2.09. The molecule has 0 aliphatic carbocycles. The zero-order valence-electron chi connectivity index (χ0n) is 8.30. The van der Waals surface area contributed by atoms with Crippen LogP contribution in [0, 0.1) is 0 Å². The lowest BCUT2D eigenvalue weighted by atomic mass is 10.2. The first kappa shape index (κ1) is 12.0. The number of aromatic amines is 1. The van der Waals surface area contributed by atoms with Crippen molar-refractivity contribution in [1.82, 2.24) is 15.5 Å². The molecule has 1 rings (SSSR count). The van der Waals surface area contributed by atoms with E-state index in [-0.39, 0.29) is 13.0 Å². The maximum atomic E-state index is 11.2. The Morgan fingerprint density at radius 3 is 2.88 bits per heavy atom. The molecule has 1 aromatic heterocycles. The second-order valence-corrected chi connectivity index (χ2v) is 3.01. The highest BCUT2D eigenvalue weighted by Crippen LogP contribution is 1.99. The second-order valence-electron chi connectivity index (χ2n) is 3.01. The third-order valence-electron chi connectivity index (χ3n) is 1.74. The molecule has 1 heterocycles. The fourth-order valence-corrected chi connectivity index (χ4v) is 0.940. The molecule has 16 heavy (non-hydrogen) atoms. The second kappa shape index (κ2) is 5.71. The minimum atomic E-state index is -1.46. The molecule has 0 aromatic carbocycles. The molecule has 0 radical (unpaired) electrons. The fourth-order valence-electron chi connectivity index (χ4n) is 0.940. The third-order valence-corrected chi connectivity index (χ3v) is 1.74. The topological polar surface area (TPSA) is 127 Å². The minimum Gasteiger partial charge on any atom is -0.479 e. The van der Waals surface area contributed by atoms with Gasteiger partial charge in [0, 0.05) is 19.2 Å². The standard InChI is InChI=1S/C8H12N4O4/c13-6(7(14)15)1-2-9-8(16)12-5-3-10-11-4-5/h3-4,6,13H,1-2H2,(H,10,11)(H,14,15)(H2,9,12,16)/t6-/m0/s1. The zero-order chi connectivity index (χ0) is 12.0. The molecule has 0 aliphatic rings. The van der Waals surface area contributed by atoms with Gasteiger partial charge in [0.05, 0.1) is 11.9 Å². The monoisotopic (exact) mass is 228 g/mol. The Labute approximate surface area is 90.7 Å². The van der Waals surface area contributed by atoms with Crippen LogP contribution < -0.4 is 10.6 Å². The van der Waals surface area contributed by atoms with E-state index in [0.717, 1.165) is 0 Å². The lowest BCUT2D eigenvalue weighted by Crippen LogP contribution is -2.32. The summed E-state index contributed by atoms with van der Waals surface area (Å²) in [5.74, 6) is -1.31. The summed E-state index contributed by atoms with van der Waals surface area (Å²) in [7, 11) is 0. The Kier molecular flexibility index (Phi) is 4.28. The van der Waals surface area contributed by atoms with Gasteiger partial charge in [-0.15, -0.1) is 0 Å². The first-order valence-corrected chi connectivity index (χ1v) is 4.54. The quantitative estimate of drug-likeness (QED) is 0.458. The number of nitrogens with one attached hydrogen (secondary N) is 3. The largest absolute Gasteiger partial charge is 0.479 e. The average Bonchev–Trinajstić information content (AvgIpc) is 2.70. The van der Waals surface area contributed by atoms with Crippen molar-refractivity contribution in [2.24, 2.45) is 0 Å². The van der Waals surface area contributed by atoms with Gasteiger partial charge in [0.25, 0.3) is 0 Å². The number of aliphatic hydroxyl groups excluding tert-OH is 1. The number of aliphatic carboxylic acids is 1. The third kappa shape index (κ3) is 3.96. The Bertz CT molecular complexity index is 351. The number of rotatable bonds is 5. The van der Waals surface area contributed by atoms with Gasteiger partial charge in [-0.3, -0.25) is 5.10 Å². The summed E-state index contributed by atoms with van der Waals surface area (Å²) >= 11 is 0. The molecule has 2 amide bonds. The lowest BCUT2D eigenvalue weighted by Gasteiger charge is -2.07. The number of carbonyl (C=O) groups is 2. The van der Waals surface area contributed by atoms with Crippen LogP contribution in [0.2, 0.25) is 0 Å². The van der Waals surface area contributed by atoms with E-state index in [2.05, 4.69) is 20.8 Å². The lowest BCUT2D eigenvalue weighted by molar-refractivity contribution is -0.146. The number of carboxylic acids is 1.